The molecule has 6 nitrogen and oxygen atoms in total. The standard InChI is InChI=1S/C31H34ClN3O3/c1-22(2)19-35(31(37)24-10-12-26(32)13-11-24)21-30(36)34(20-23-8-14-27(38-3)15-9-23)17-16-25-18-33-29-7-5-4-6-28(25)29/h4-15,18,22,33H,16-17,19-21H2,1-3H3. The van der Waals surface area contributed by atoms with Crippen molar-refractivity contribution < 1.29 is 14.3 Å². The van der Waals surface area contributed by atoms with Crippen molar-refractivity contribution in [1.29, 1.82) is 0 Å². The molecule has 0 aliphatic carbocycles. The van der Waals surface area contributed by atoms with Crippen molar-refractivity contribution in [3.63, 3.8) is 0 Å². The number of methoxy groups -OCH3 is 1. The van der Waals surface area contributed by atoms with Gasteiger partial charge in [-0.3, -0.25) is 9.59 Å². The van der Waals surface area contributed by atoms with E-state index in [0.717, 1.165) is 27.8 Å². The fraction of sp³-hybridized carbons (Fsp3) is 0.290. The molecule has 1 heterocycles. The van der Waals surface area contributed by atoms with E-state index in [4.69, 9.17) is 16.3 Å². The minimum atomic E-state index is -0.176. The zero-order valence-corrected chi connectivity index (χ0v) is 22.9. The Labute approximate surface area is 229 Å². The number of H-pyrrole nitrogens is 1. The summed E-state index contributed by atoms with van der Waals surface area (Å²) in [7, 11) is 1.63. The number of para-hydroxylation sites is 1. The number of benzene rings is 3. The van der Waals surface area contributed by atoms with E-state index in [1.165, 1.54) is 0 Å². The van der Waals surface area contributed by atoms with Crippen LogP contribution in [0.15, 0.2) is 79.0 Å². The van der Waals surface area contributed by atoms with E-state index in [9.17, 15) is 9.59 Å². The van der Waals surface area contributed by atoms with Crippen LogP contribution in [0, 0.1) is 5.92 Å². The van der Waals surface area contributed by atoms with E-state index in [1.54, 1.807) is 36.3 Å². The Morgan fingerprint density at radius 3 is 2.34 bits per heavy atom. The number of rotatable bonds is 11. The number of ether oxygens (including phenoxy) is 1. The summed E-state index contributed by atoms with van der Waals surface area (Å²) in [6, 6.07) is 22.7. The summed E-state index contributed by atoms with van der Waals surface area (Å²) in [6.45, 7) is 5.53. The number of carbonyl (C=O) groups is 2. The number of aromatic nitrogens is 1. The first-order valence-corrected chi connectivity index (χ1v) is 13.2. The molecule has 0 unspecified atom stereocenters. The van der Waals surface area contributed by atoms with Crippen molar-refractivity contribution in [3.8, 4) is 5.75 Å². The number of hydrogen-bond acceptors (Lipinski definition) is 3. The van der Waals surface area contributed by atoms with Crippen LogP contribution in [0.2, 0.25) is 5.02 Å². The molecule has 198 valence electrons. The van der Waals surface area contributed by atoms with Crippen LogP contribution in [0.4, 0.5) is 0 Å². The molecule has 2 amide bonds. The first-order valence-electron chi connectivity index (χ1n) is 12.8. The molecular weight excluding hydrogens is 498 g/mol. The fourth-order valence-corrected chi connectivity index (χ4v) is 4.66. The number of nitrogens with one attached hydrogen (secondary N) is 1. The van der Waals surface area contributed by atoms with Gasteiger partial charge in [0.25, 0.3) is 5.91 Å². The quantitative estimate of drug-likeness (QED) is 0.250. The lowest BCUT2D eigenvalue weighted by Crippen LogP contribution is -2.44. The molecule has 0 saturated heterocycles. The Bertz CT molecular complexity index is 1360. The minimum Gasteiger partial charge on any atom is -0.497 e. The molecule has 7 heteroatoms. The maximum Gasteiger partial charge on any atom is 0.254 e. The van der Waals surface area contributed by atoms with E-state index < -0.39 is 0 Å². The minimum absolute atomic E-state index is 0.00365. The monoisotopic (exact) mass is 531 g/mol. The molecule has 0 atom stereocenters. The first-order chi connectivity index (χ1) is 18.3. The summed E-state index contributed by atoms with van der Waals surface area (Å²) in [5, 5.41) is 1.72. The third-order valence-corrected chi connectivity index (χ3v) is 6.75. The van der Waals surface area contributed by atoms with Gasteiger partial charge in [0.1, 0.15) is 12.3 Å². The Kier molecular flexibility index (Phi) is 9.08. The number of nitrogens with zero attached hydrogens (tertiary/aromatic N) is 2. The summed E-state index contributed by atoms with van der Waals surface area (Å²) >= 11 is 6.02. The lowest BCUT2D eigenvalue weighted by molar-refractivity contribution is -0.132. The van der Waals surface area contributed by atoms with E-state index >= 15 is 0 Å². The lowest BCUT2D eigenvalue weighted by Gasteiger charge is -2.29. The van der Waals surface area contributed by atoms with Gasteiger partial charge < -0.3 is 19.5 Å². The molecule has 0 aliphatic heterocycles. The van der Waals surface area contributed by atoms with Crippen LogP contribution in [0.5, 0.6) is 5.75 Å². The molecular formula is C31H34ClN3O3. The Balaban J connectivity index is 1.55. The number of hydrogen-bond donors (Lipinski definition) is 1. The van der Waals surface area contributed by atoms with Gasteiger partial charge in [-0.2, -0.15) is 0 Å². The van der Waals surface area contributed by atoms with Crippen molar-refractivity contribution in [3.05, 3.63) is 101 Å². The van der Waals surface area contributed by atoms with Gasteiger partial charge in [-0.15, -0.1) is 0 Å². The van der Waals surface area contributed by atoms with Gasteiger partial charge in [-0.1, -0.05) is 55.8 Å². The van der Waals surface area contributed by atoms with Crippen molar-refractivity contribution in [2.75, 3.05) is 26.7 Å². The number of carbonyl (C=O) groups excluding carboxylic acids is 2. The Morgan fingerprint density at radius 1 is 0.947 bits per heavy atom. The molecule has 0 bridgehead atoms. The van der Waals surface area contributed by atoms with Gasteiger partial charge in [-0.05, 0) is 65.9 Å². The van der Waals surface area contributed by atoms with E-state index in [2.05, 4.69) is 11.1 Å². The number of amides is 2. The van der Waals surface area contributed by atoms with Crippen LogP contribution in [0.1, 0.15) is 35.3 Å². The largest absolute Gasteiger partial charge is 0.497 e. The van der Waals surface area contributed by atoms with E-state index in [-0.39, 0.29) is 24.3 Å². The van der Waals surface area contributed by atoms with Gasteiger partial charge in [0.05, 0.1) is 7.11 Å². The van der Waals surface area contributed by atoms with Crippen molar-refractivity contribution in [2.24, 2.45) is 5.92 Å². The summed E-state index contributed by atoms with van der Waals surface area (Å²) in [4.78, 5) is 33.9. The van der Waals surface area contributed by atoms with Crippen molar-refractivity contribution in [2.45, 2.75) is 26.8 Å². The first kappa shape index (κ1) is 27.3. The molecule has 4 rings (SSSR count). The zero-order valence-electron chi connectivity index (χ0n) is 22.1. The molecule has 0 aliphatic rings. The van der Waals surface area contributed by atoms with Gasteiger partial charge in [-0.25, -0.2) is 0 Å². The van der Waals surface area contributed by atoms with Crippen LogP contribution in [0.25, 0.3) is 10.9 Å². The number of halogens is 1. The highest BCUT2D eigenvalue weighted by molar-refractivity contribution is 6.30. The van der Waals surface area contributed by atoms with Crippen LogP contribution in [-0.4, -0.2) is 53.3 Å². The third kappa shape index (κ3) is 6.95. The molecule has 0 spiro atoms. The highest BCUT2D eigenvalue weighted by Gasteiger charge is 2.23. The maximum atomic E-state index is 13.8. The van der Waals surface area contributed by atoms with Gasteiger partial charge >= 0.3 is 0 Å². The Morgan fingerprint density at radius 2 is 1.66 bits per heavy atom. The molecule has 38 heavy (non-hydrogen) atoms. The smallest absolute Gasteiger partial charge is 0.254 e. The van der Waals surface area contributed by atoms with Gasteiger partial charge in [0.2, 0.25) is 5.91 Å². The number of aromatic amines is 1. The zero-order chi connectivity index (χ0) is 27.1. The van der Waals surface area contributed by atoms with Gasteiger partial charge in [0, 0.05) is 47.3 Å². The molecule has 0 fully saturated rings. The normalized spacial score (nSPS) is 11.1. The third-order valence-electron chi connectivity index (χ3n) is 6.50. The Hall–Kier alpha value is -3.77. The van der Waals surface area contributed by atoms with E-state index in [0.29, 0.717) is 36.6 Å². The van der Waals surface area contributed by atoms with E-state index in [1.807, 2.05) is 67.4 Å². The van der Waals surface area contributed by atoms with Crippen LogP contribution in [-0.2, 0) is 17.8 Å². The summed E-state index contributed by atoms with van der Waals surface area (Å²) in [5.41, 5.74) is 3.75. The fourth-order valence-electron chi connectivity index (χ4n) is 4.54. The highest BCUT2D eigenvalue weighted by Crippen LogP contribution is 2.20. The lowest BCUT2D eigenvalue weighted by atomic mass is 10.1. The van der Waals surface area contributed by atoms with Crippen molar-refractivity contribution >= 4 is 34.3 Å². The molecule has 1 aromatic heterocycles. The second kappa shape index (κ2) is 12.7. The highest BCUT2D eigenvalue weighted by atomic mass is 35.5. The molecule has 1 N–H and O–H groups in total. The second-order valence-corrected chi connectivity index (χ2v) is 10.3. The van der Waals surface area contributed by atoms with Crippen molar-refractivity contribution in [1.82, 2.24) is 14.8 Å². The summed E-state index contributed by atoms with van der Waals surface area (Å²) in [5.74, 6) is 0.704. The average Bonchev–Trinajstić information content (AvgIpc) is 3.33. The topological polar surface area (TPSA) is 65.6 Å². The molecule has 0 radical (unpaired) electrons. The van der Waals surface area contributed by atoms with Gasteiger partial charge in [0.15, 0.2) is 0 Å². The number of fused-ring (bicyclic) bond motifs is 1. The SMILES string of the molecule is COc1ccc(CN(CCc2c[nH]c3ccccc23)C(=O)CN(CC(C)C)C(=O)c2ccc(Cl)cc2)cc1. The predicted octanol–water partition coefficient (Wildman–Crippen LogP) is 6.20. The maximum absolute atomic E-state index is 13.8. The van der Waals surface area contributed by atoms with Crippen LogP contribution >= 0.6 is 11.6 Å². The molecule has 4 aromatic rings. The predicted molar refractivity (Wildman–Crippen MR) is 153 cm³/mol. The summed E-state index contributed by atoms with van der Waals surface area (Å²) in [6.07, 6.45) is 2.71. The van der Waals surface area contributed by atoms with Crippen LogP contribution < -0.4 is 4.74 Å². The second-order valence-electron chi connectivity index (χ2n) is 9.86. The molecule has 0 saturated carbocycles. The summed E-state index contributed by atoms with van der Waals surface area (Å²) < 4.78 is 5.29. The molecule has 3 aromatic carbocycles. The average molecular weight is 532 g/mol. The van der Waals surface area contributed by atoms with Crippen LogP contribution in [0.3, 0.4) is 0 Å².